The molecule has 0 saturated carbocycles. The Labute approximate surface area is 124 Å². The lowest BCUT2D eigenvalue weighted by molar-refractivity contribution is 0.215. The molecule has 0 aromatic heterocycles. The van der Waals surface area contributed by atoms with Gasteiger partial charge in [-0.25, -0.2) is 0 Å². The zero-order chi connectivity index (χ0) is 14.8. The van der Waals surface area contributed by atoms with E-state index >= 15 is 0 Å². The number of aliphatic hydroxyl groups excluding tert-OH is 1. The monoisotopic (exact) mass is 278 g/mol. The van der Waals surface area contributed by atoms with Gasteiger partial charge in [0, 0.05) is 5.56 Å². The zero-order valence-electron chi connectivity index (χ0n) is 12.2. The van der Waals surface area contributed by atoms with E-state index in [1.54, 1.807) is 7.11 Å². The Morgan fingerprint density at radius 2 is 1.67 bits per heavy atom. The van der Waals surface area contributed by atoms with Gasteiger partial charge in [-0.05, 0) is 41.5 Å². The molecule has 0 saturated heterocycles. The van der Waals surface area contributed by atoms with Crippen molar-refractivity contribution in [3.05, 3.63) is 77.4 Å². The molecule has 0 fully saturated rings. The molecule has 0 bridgehead atoms. The lowest BCUT2D eigenvalue weighted by Gasteiger charge is -2.16. The summed E-state index contributed by atoms with van der Waals surface area (Å²) < 4.78 is 5.37. The zero-order valence-corrected chi connectivity index (χ0v) is 12.2. The molecule has 0 heterocycles. The molecule has 0 aliphatic heterocycles. The highest BCUT2D eigenvalue weighted by Gasteiger charge is 2.16. The summed E-state index contributed by atoms with van der Waals surface area (Å²) in [5.74, 6) is 0.709. The second-order valence-corrected chi connectivity index (χ2v) is 5.25. The van der Waals surface area contributed by atoms with Crippen molar-refractivity contribution in [2.24, 2.45) is 0 Å². The lowest BCUT2D eigenvalue weighted by Crippen LogP contribution is -2.03. The van der Waals surface area contributed by atoms with E-state index in [-0.39, 0.29) is 0 Å². The largest absolute Gasteiger partial charge is 0.496 e. The Bertz CT molecular complexity index is 777. The van der Waals surface area contributed by atoms with Crippen molar-refractivity contribution in [1.82, 2.24) is 0 Å². The van der Waals surface area contributed by atoms with Crippen LogP contribution in [-0.4, -0.2) is 12.2 Å². The Balaban J connectivity index is 2.07. The maximum atomic E-state index is 10.7. The van der Waals surface area contributed by atoms with Crippen LogP contribution in [0.5, 0.6) is 5.75 Å². The van der Waals surface area contributed by atoms with E-state index in [1.807, 2.05) is 55.5 Å². The third-order valence-electron chi connectivity index (χ3n) is 3.77. The maximum Gasteiger partial charge on any atom is 0.125 e. The number of rotatable bonds is 3. The van der Waals surface area contributed by atoms with E-state index in [2.05, 4.69) is 12.1 Å². The van der Waals surface area contributed by atoms with Gasteiger partial charge in [0.05, 0.1) is 7.11 Å². The molecule has 0 amide bonds. The molecule has 2 nitrogen and oxygen atoms in total. The van der Waals surface area contributed by atoms with Gasteiger partial charge in [-0.15, -0.1) is 0 Å². The molecule has 3 rings (SSSR count). The third kappa shape index (κ3) is 2.63. The van der Waals surface area contributed by atoms with Crippen LogP contribution in [0.4, 0.5) is 0 Å². The highest BCUT2D eigenvalue weighted by Crippen LogP contribution is 2.32. The van der Waals surface area contributed by atoms with Crippen molar-refractivity contribution in [3.8, 4) is 5.75 Å². The summed E-state index contributed by atoms with van der Waals surface area (Å²) in [6, 6.07) is 20.0. The van der Waals surface area contributed by atoms with Crippen molar-refractivity contribution >= 4 is 10.8 Å². The van der Waals surface area contributed by atoms with Gasteiger partial charge in [0.2, 0.25) is 0 Å². The quantitative estimate of drug-likeness (QED) is 0.776. The number of benzene rings is 3. The molecule has 0 aliphatic carbocycles. The maximum absolute atomic E-state index is 10.7. The van der Waals surface area contributed by atoms with E-state index in [1.165, 1.54) is 5.39 Å². The van der Waals surface area contributed by atoms with Gasteiger partial charge in [0.1, 0.15) is 11.9 Å². The summed E-state index contributed by atoms with van der Waals surface area (Å²) in [4.78, 5) is 0. The van der Waals surface area contributed by atoms with Gasteiger partial charge in [0.15, 0.2) is 0 Å². The number of ether oxygens (including phenoxy) is 1. The van der Waals surface area contributed by atoms with Crippen molar-refractivity contribution in [3.63, 3.8) is 0 Å². The molecule has 106 valence electrons. The summed E-state index contributed by atoms with van der Waals surface area (Å²) in [5, 5.41) is 13.0. The molecule has 1 atom stereocenters. The second kappa shape index (κ2) is 5.58. The van der Waals surface area contributed by atoms with Crippen LogP contribution in [-0.2, 0) is 0 Å². The van der Waals surface area contributed by atoms with Crippen LogP contribution in [0, 0.1) is 6.92 Å². The average molecular weight is 278 g/mol. The van der Waals surface area contributed by atoms with Crippen LogP contribution in [0.3, 0.4) is 0 Å². The number of methoxy groups -OCH3 is 1. The number of hydrogen-bond donors (Lipinski definition) is 1. The van der Waals surface area contributed by atoms with Gasteiger partial charge < -0.3 is 9.84 Å². The molecule has 1 N–H and O–H groups in total. The van der Waals surface area contributed by atoms with E-state index in [0.717, 1.165) is 22.1 Å². The van der Waals surface area contributed by atoms with Crippen LogP contribution in [0.2, 0.25) is 0 Å². The number of aliphatic hydroxyl groups is 1. The van der Waals surface area contributed by atoms with Gasteiger partial charge >= 0.3 is 0 Å². The van der Waals surface area contributed by atoms with Crippen LogP contribution < -0.4 is 4.74 Å². The summed E-state index contributed by atoms with van der Waals surface area (Å²) in [5.41, 5.74) is 2.77. The number of fused-ring (bicyclic) bond motifs is 1. The fourth-order valence-corrected chi connectivity index (χ4v) is 2.62. The Morgan fingerprint density at radius 1 is 0.905 bits per heavy atom. The minimum absolute atomic E-state index is 0.690. The van der Waals surface area contributed by atoms with Crippen molar-refractivity contribution in [1.29, 1.82) is 0 Å². The summed E-state index contributed by atoms with van der Waals surface area (Å²) in [7, 11) is 1.63. The van der Waals surface area contributed by atoms with Crippen molar-refractivity contribution in [2.45, 2.75) is 13.0 Å². The van der Waals surface area contributed by atoms with Crippen molar-refractivity contribution in [2.75, 3.05) is 7.11 Å². The van der Waals surface area contributed by atoms with Gasteiger partial charge in [0.25, 0.3) is 0 Å². The SMILES string of the molecule is COc1ccc(C)cc1C(O)c1ccc2ccccc2c1. The molecule has 0 aliphatic rings. The predicted molar refractivity (Wildman–Crippen MR) is 85.7 cm³/mol. The molecule has 0 radical (unpaired) electrons. The van der Waals surface area contributed by atoms with Crippen LogP contribution in [0.15, 0.2) is 60.7 Å². The minimum Gasteiger partial charge on any atom is -0.496 e. The Morgan fingerprint density at radius 3 is 2.43 bits per heavy atom. The first-order chi connectivity index (χ1) is 10.2. The lowest BCUT2D eigenvalue weighted by atomic mass is 9.97. The van der Waals surface area contributed by atoms with E-state index < -0.39 is 6.10 Å². The molecule has 3 aromatic carbocycles. The summed E-state index contributed by atoms with van der Waals surface area (Å²) >= 11 is 0. The first kappa shape index (κ1) is 13.7. The number of hydrogen-bond acceptors (Lipinski definition) is 2. The topological polar surface area (TPSA) is 29.5 Å². The molecular formula is C19H18O2. The Kier molecular flexibility index (Phi) is 3.63. The highest BCUT2D eigenvalue weighted by atomic mass is 16.5. The average Bonchev–Trinajstić information content (AvgIpc) is 2.53. The minimum atomic E-state index is -0.690. The molecule has 2 heteroatoms. The highest BCUT2D eigenvalue weighted by molar-refractivity contribution is 5.83. The molecule has 3 aromatic rings. The molecule has 0 spiro atoms. The van der Waals surface area contributed by atoms with E-state index in [9.17, 15) is 5.11 Å². The molecule has 1 unspecified atom stereocenters. The summed E-state index contributed by atoms with van der Waals surface area (Å²) in [6.45, 7) is 2.01. The van der Waals surface area contributed by atoms with Gasteiger partial charge in [-0.3, -0.25) is 0 Å². The van der Waals surface area contributed by atoms with Crippen LogP contribution in [0.1, 0.15) is 22.8 Å². The standard InChI is InChI=1S/C19H18O2/c1-13-7-10-18(21-2)17(11-13)19(20)16-9-8-14-5-3-4-6-15(14)12-16/h3-12,19-20H,1-2H3. The fraction of sp³-hybridized carbons (Fsp3) is 0.158. The molecular weight excluding hydrogens is 260 g/mol. The van der Waals surface area contributed by atoms with E-state index in [0.29, 0.717) is 5.75 Å². The van der Waals surface area contributed by atoms with Crippen LogP contribution in [0.25, 0.3) is 10.8 Å². The number of aryl methyl sites for hydroxylation is 1. The smallest absolute Gasteiger partial charge is 0.125 e. The molecule has 21 heavy (non-hydrogen) atoms. The normalized spacial score (nSPS) is 12.3. The van der Waals surface area contributed by atoms with E-state index in [4.69, 9.17) is 4.74 Å². The Hall–Kier alpha value is -2.32. The van der Waals surface area contributed by atoms with Crippen molar-refractivity contribution < 1.29 is 9.84 Å². The van der Waals surface area contributed by atoms with Gasteiger partial charge in [-0.2, -0.15) is 0 Å². The first-order valence-corrected chi connectivity index (χ1v) is 7.00. The van der Waals surface area contributed by atoms with Crippen LogP contribution >= 0.6 is 0 Å². The predicted octanol–water partition coefficient (Wildman–Crippen LogP) is 4.24. The third-order valence-corrected chi connectivity index (χ3v) is 3.77. The fourth-order valence-electron chi connectivity index (χ4n) is 2.62. The van der Waals surface area contributed by atoms with Gasteiger partial charge in [-0.1, -0.05) is 48.0 Å². The summed E-state index contributed by atoms with van der Waals surface area (Å²) in [6.07, 6.45) is -0.690. The first-order valence-electron chi connectivity index (χ1n) is 7.00. The second-order valence-electron chi connectivity index (χ2n) is 5.25.